The lowest BCUT2D eigenvalue weighted by Gasteiger charge is -2.20. The third-order valence-corrected chi connectivity index (χ3v) is 5.76. The molecule has 0 saturated heterocycles. The molecule has 0 unspecified atom stereocenters. The highest BCUT2D eigenvalue weighted by atomic mass is 35.5. The number of rotatable bonds is 7. The first-order valence-electron chi connectivity index (χ1n) is 10.2. The van der Waals surface area contributed by atoms with E-state index in [1.807, 2.05) is 60.7 Å². The molecule has 32 heavy (non-hydrogen) atoms. The third-order valence-electron chi connectivity index (χ3n) is 5.45. The number of carboxylic acids is 1. The molecule has 0 aliphatic rings. The normalized spacial score (nSPS) is 11.6. The number of carbonyl (C=O) groups is 2. The molecule has 6 heteroatoms. The van der Waals surface area contributed by atoms with Crippen LogP contribution in [0.4, 0.5) is 0 Å². The number of nitrogens with zero attached hydrogens (tertiary/aromatic N) is 1. The standard InChI is InChI=1S/C26H22ClNO4/c1-26(2,25(30)31)14-23(29)20-13-21(27)18-8-4-5-9-19(18)24(20)32-15-17-12-11-16-7-3-6-10-22(16)28-17/h3-13H,14-15H2,1-2H3,(H,30,31). The van der Waals surface area contributed by atoms with E-state index in [9.17, 15) is 14.7 Å². The van der Waals surface area contributed by atoms with E-state index in [0.717, 1.165) is 16.3 Å². The largest absolute Gasteiger partial charge is 0.486 e. The molecule has 1 N–H and O–H groups in total. The zero-order valence-electron chi connectivity index (χ0n) is 17.8. The van der Waals surface area contributed by atoms with Crippen molar-refractivity contribution in [3.8, 4) is 5.75 Å². The lowest BCUT2D eigenvalue weighted by molar-refractivity contribution is -0.146. The smallest absolute Gasteiger partial charge is 0.309 e. The minimum absolute atomic E-state index is 0.152. The number of ether oxygens (including phenoxy) is 1. The Hall–Kier alpha value is -3.44. The molecule has 0 saturated carbocycles. The van der Waals surface area contributed by atoms with Crippen LogP contribution in [0.2, 0.25) is 5.02 Å². The maximum atomic E-state index is 13.2. The van der Waals surface area contributed by atoms with Gasteiger partial charge in [0.1, 0.15) is 12.4 Å². The average molecular weight is 448 g/mol. The number of carbonyl (C=O) groups excluding carboxylic acids is 1. The van der Waals surface area contributed by atoms with Crippen LogP contribution in [0, 0.1) is 5.41 Å². The minimum Gasteiger partial charge on any atom is -0.486 e. The van der Waals surface area contributed by atoms with Crippen LogP contribution in [0.3, 0.4) is 0 Å². The van der Waals surface area contributed by atoms with Crippen molar-refractivity contribution in [3.63, 3.8) is 0 Å². The summed E-state index contributed by atoms with van der Waals surface area (Å²) in [5.74, 6) is -1.00. The number of ketones is 1. The van der Waals surface area contributed by atoms with Crippen molar-refractivity contribution in [1.29, 1.82) is 0 Å². The molecule has 3 aromatic carbocycles. The first-order chi connectivity index (χ1) is 15.3. The Kier molecular flexibility index (Phi) is 5.85. The van der Waals surface area contributed by atoms with Gasteiger partial charge >= 0.3 is 5.97 Å². The summed E-state index contributed by atoms with van der Waals surface area (Å²) < 4.78 is 6.15. The molecular weight excluding hydrogens is 426 g/mol. The van der Waals surface area contributed by atoms with Crippen molar-refractivity contribution in [2.45, 2.75) is 26.9 Å². The van der Waals surface area contributed by atoms with E-state index < -0.39 is 11.4 Å². The van der Waals surface area contributed by atoms with Gasteiger partial charge in [-0.05, 0) is 32.0 Å². The van der Waals surface area contributed by atoms with E-state index in [-0.39, 0.29) is 24.4 Å². The van der Waals surface area contributed by atoms with Gasteiger partial charge < -0.3 is 9.84 Å². The zero-order chi connectivity index (χ0) is 22.9. The Balaban J connectivity index is 1.74. The zero-order valence-corrected chi connectivity index (χ0v) is 18.5. The van der Waals surface area contributed by atoms with Gasteiger partial charge in [-0.2, -0.15) is 0 Å². The number of Topliss-reactive ketones (excluding diaryl/α,β-unsaturated/α-hetero) is 1. The Bertz CT molecular complexity index is 1350. The van der Waals surface area contributed by atoms with Gasteiger partial charge in [-0.3, -0.25) is 9.59 Å². The summed E-state index contributed by atoms with van der Waals surface area (Å²) in [5, 5.41) is 12.3. The lowest BCUT2D eigenvalue weighted by atomic mass is 9.85. The van der Waals surface area contributed by atoms with Gasteiger partial charge in [-0.25, -0.2) is 4.98 Å². The predicted molar refractivity (Wildman–Crippen MR) is 125 cm³/mol. The number of hydrogen-bond acceptors (Lipinski definition) is 4. The molecule has 0 spiro atoms. The molecule has 1 heterocycles. The van der Waals surface area contributed by atoms with E-state index in [4.69, 9.17) is 16.3 Å². The first-order valence-corrected chi connectivity index (χ1v) is 10.6. The number of carboxylic acid groups (broad SMARTS) is 1. The average Bonchev–Trinajstić information content (AvgIpc) is 2.78. The van der Waals surface area contributed by atoms with Crippen molar-refractivity contribution in [2.24, 2.45) is 5.41 Å². The SMILES string of the molecule is CC(C)(CC(=O)c1cc(Cl)c2ccccc2c1OCc1ccc2ccccc2n1)C(=O)O. The molecule has 4 aromatic rings. The molecule has 1 aromatic heterocycles. The Morgan fingerprint density at radius 1 is 1.00 bits per heavy atom. The number of pyridine rings is 1. The number of fused-ring (bicyclic) bond motifs is 2. The lowest BCUT2D eigenvalue weighted by Crippen LogP contribution is -2.27. The van der Waals surface area contributed by atoms with Crippen LogP contribution in [0.5, 0.6) is 5.75 Å². The molecule has 0 radical (unpaired) electrons. The second kappa shape index (κ2) is 8.60. The van der Waals surface area contributed by atoms with Crippen LogP contribution in [0.1, 0.15) is 36.3 Å². The predicted octanol–water partition coefficient (Wildman–Crippen LogP) is 6.30. The topological polar surface area (TPSA) is 76.5 Å². The van der Waals surface area contributed by atoms with Crippen LogP contribution in [-0.2, 0) is 11.4 Å². The number of aliphatic carboxylic acids is 1. The van der Waals surface area contributed by atoms with E-state index >= 15 is 0 Å². The summed E-state index contributed by atoms with van der Waals surface area (Å²) in [6.45, 7) is 3.20. The van der Waals surface area contributed by atoms with Crippen molar-refractivity contribution < 1.29 is 19.4 Å². The molecular formula is C26H22ClNO4. The minimum atomic E-state index is -1.22. The van der Waals surface area contributed by atoms with E-state index in [2.05, 4.69) is 4.98 Å². The highest BCUT2D eigenvalue weighted by molar-refractivity contribution is 6.36. The molecule has 4 rings (SSSR count). The number of para-hydroxylation sites is 1. The number of hydrogen-bond donors (Lipinski definition) is 1. The molecule has 162 valence electrons. The van der Waals surface area contributed by atoms with Gasteiger partial charge in [0.15, 0.2) is 5.78 Å². The summed E-state index contributed by atoms with van der Waals surface area (Å²) in [6.07, 6.45) is -0.179. The van der Waals surface area contributed by atoms with Crippen molar-refractivity contribution in [3.05, 3.63) is 83.0 Å². The van der Waals surface area contributed by atoms with Crippen LogP contribution >= 0.6 is 11.6 Å². The molecule has 0 fully saturated rings. The van der Waals surface area contributed by atoms with Gasteiger partial charge in [0.2, 0.25) is 0 Å². The van der Waals surface area contributed by atoms with Crippen molar-refractivity contribution >= 4 is 45.0 Å². The molecule has 0 amide bonds. The number of halogens is 1. The van der Waals surface area contributed by atoms with Crippen LogP contribution in [-0.4, -0.2) is 21.8 Å². The van der Waals surface area contributed by atoms with Gasteiger partial charge in [0, 0.05) is 27.6 Å². The summed E-state index contributed by atoms with van der Waals surface area (Å²) >= 11 is 6.46. The van der Waals surface area contributed by atoms with E-state index in [1.54, 1.807) is 6.07 Å². The Morgan fingerprint density at radius 3 is 2.44 bits per heavy atom. The summed E-state index contributed by atoms with van der Waals surface area (Å²) in [6, 6.07) is 20.6. The maximum Gasteiger partial charge on any atom is 0.309 e. The fourth-order valence-electron chi connectivity index (χ4n) is 3.57. The maximum absolute atomic E-state index is 13.2. The third kappa shape index (κ3) is 4.30. The molecule has 0 aliphatic heterocycles. The number of benzene rings is 3. The fourth-order valence-corrected chi connectivity index (χ4v) is 3.85. The second-order valence-electron chi connectivity index (χ2n) is 8.35. The monoisotopic (exact) mass is 447 g/mol. The highest BCUT2D eigenvalue weighted by Crippen LogP contribution is 2.37. The first kappa shape index (κ1) is 21.8. The Labute approximate surface area is 190 Å². The molecule has 5 nitrogen and oxygen atoms in total. The van der Waals surface area contributed by atoms with Crippen molar-refractivity contribution in [2.75, 3.05) is 0 Å². The van der Waals surface area contributed by atoms with Gasteiger partial charge in [-0.15, -0.1) is 0 Å². The van der Waals surface area contributed by atoms with Gasteiger partial charge in [0.25, 0.3) is 0 Å². The highest BCUT2D eigenvalue weighted by Gasteiger charge is 2.32. The fraction of sp³-hybridized carbons (Fsp3) is 0.192. The van der Waals surface area contributed by atoms with Crippen LogP contribution in [0.15, 0.2) is 66.7 Å². The summed E-state index contributed by atoms with van der Waals surface area (Å²) in [4.78, 5) is 29.3. The molecule has 0 atom stereocenters. The molecule has 0 aliphatic carbocycles. The number of aromatic nitrogens is 1. The van der Waals surface area contributed by atoms with E-state index in [0.29, 0.717) is 21.9 Å². The van der Waals surface area contributed by atoms with Crippen LogP contribution < -0.4 is 4.74 Å². The summed E-state index contributed by atoms with van der Waals surface area (Å²) in [7, 11) is 0. The molecule has 0 bridgehead atoms. The van der Waals surface area contributed by atoms with E-state index in [1.165, 1.54) is 13.8 Å². The Morgan fingerprint density at radius 2 is 1.69 bits per heavy atom. The van der Waals surface area contributed by atoms with Gasteiger partial charge in [0.05, 0.1) is 22.2 Å². The van der Waals surface area contributed by atoms with Crippen LogP contribution in [0.25, 0.3) is 21.7 Å². The summed E-state index contributed by atoms with van der Waals surface area (Å²) in [5.41, 5.74) is 0.622. The van der Waals surface area contributed by atoms with Crippen molar-refractivity contribution in [1.82, 2.24) is 4.98 Å². The van der Waals surface area contributed by atoms with Gasteiger partial charge in [-0.1, -0.05) is 60.1 Å². The second-order valence-corrected chi connectivity index (χ2v) is 8.76. The quantitative estimate of drug-likeness (QED) is 0.336.